The fraction of sp³-hybridized carbons (Fsp3) is 0.333. The molecule has 28 heavy (non-hydrogen) atoms. The Balaban J connectivity index is 1.70. The molecule has 2 aromatic carbocycles. The minimum atomic E-state index is -0.755. The van der Waals surface area contributed by atoms with Gasteiger partial charge in [-0.3, -0.25) is 4.79 Å². The fourth-order valence-corrected chi connectivity index (χ4v) is 2.99. The quantitative estimate of drug-likeness (QED) is 0.800. The van der Waals surface area contributed by atoms with E-state index in [1.165, 1.54) is 7.11 Å². The van der Waals surface area contributed by atoms with Crippen molar-refractivity contribution in [2.45, 2.75) is 25.4 Å². The van der Waals surface area contributed by atoms with Crippen molar-refractivity contribution in [1.82, 2.24) is 10.6 Å². The topological polar surface area (TPSA) is 85.9 Å². The summed E-state index contributed by atoms with van der Waals surface area (Å²) in [4.78, 5) is 24.5. The van der Waals surface area contributed by atoms with E-state index in [1.54, 1.807) is 0 Å². The molecule has 0 fully saturated rings. The highest BCUT2D eigenvalue weighted by molar-refractivity contribution is 5.86. The van der Waals surface area contributed by atoms with Gasteiger partial charge in [-0.25, -0.2) is 4.79 Å². The third-order valence-corrected chi connectivity index (χ3v) is 4.50. The molecule has 1 aliphatic rings. The van der Waals surface area contributed by atoms with Crippen molar-refractivity contribution in [3.8, 4) is 11.5 Å². The lowest BCUT2D eigenvalue weighted by atomic mass is 10.0. The second-order valence-electron chi connectivity index (χ2n) is 6.51. The summed E-state index contributed by atoms with van der Waals surface area (Å²) in [5.41, 5.74) is 1.82. The Kier molecular flexibility index (Phi) is 6.37. The van der Waals surface area contributed by atoms with Crippen LogP contribution in [0.25, 0.3) is 0 Å². The predicted octanol–water partition coefficient (Wildman–Crippen LogP) is 2.60. The molecule has 2 aromatic rings. The van der Waals surface area contributed by atoms with Crippen LogP contribution in [0.1, 0.15) is 24.1 Å². The second kappa shape index (κ2) is 9.12. The predicted molar refractivity (Wildman–Crippen MR) is 103 cm³/mol. The molecule has 3 rings (SSSR count). The normalized spacial score (nSPS) is 14.5. The summed E-state index contributed by atoms with van der Waals surface area (Å²) in [7, 11) is 1.27. The Labute approximate surface area is 164 Å². The maximum absolute atomic E-state index is 12.8. The van der Waals surface area contributed by atoms with Gasteiger partial charge in [0.2, 0.25) is 5.91 Å². The fourth-order valence-electron chi connectivity index (χ4n) is 2.99. The Morgan fingerprint density at radius 3 is 2.46 bits per heavy atom. The van der Waals surface area contributed by atoms with Crippen molar-refractivity contribution in [3.05, 3.63) is 59.7 Å². The van der Waals surface area contributed by atoms with Gasteiger partial charge in [-0.2, -0.15) is 0 Å². The number of ether oxygens (including phenoxy) is 3. The third kappa shape index (κ3) is 4.94. The van der Waals surface area contributed by atoms with Gasteiger partial charge in [0, 0.05) is 6.42 Å². The van der Waals surface area contributed by atoms with E-state index >= 15 is 0 Å². The molecule has 7 nitrogen and oxygen atoms in total. The zero-order chi connectivity index (χ0) is 19.9. The molecule has 0 radical (unpaired) electrons. The summed E-state index contributed by atoms with van der Waals surface area (Å²) in [6.45, 7) is 2.90. The van der Waals surface area contributed by atoms with Gasteiger partial charge in [0.1, 0.15) is 19.3 Å². The number of rotatable bonds is 6. The third-order valence-electron chi connectivity index (χ3n) is 4.50. The zero-order valence-corrected chi connectivity index (χ0v) is 15.9. The van der Waals surface area contributed by atoms with Crippen LogP contribution < -0.4 is 20.1 Å². The summed E-state index contributed by atoms with van der Waals surface area (Å²) >= 11 is 0. The van der Waals surface area contributed by atoms with Crippen LogP contribution in [-0.2, 0) is 16.0 Å². The van der Waals surface area contributed by atoms with Gasteiger partial charge in [0.05, 0.1) is 13.2 Å². The highest BCUT2D eigenvalue weighted by Crippen LogP contribution is 2.32. The number of fused-ring (bicyclic) bond motifs is 1. The molecule has 0 saturated heterocycles. The molecule has 7 heteroatoms. The van der Waals surface area contributed by atoms with Gasteiger partial charge < -0.3 is 24.8 Å². The molecule has 0 bridgehead atoms. The number of carbonyl (C=O) groups excluding carboxylic acids is 2. The highest BCUT2D eigenvalue weighted by Gasteiger charge is 2.24. The summed E-state index contributed by atoms with van der Waals surface area (Å²) < 4.78 is 15.8. The molecule has 0 aromatic heterocycles. The lowest BCUT2D eigenvalue weighted by Gasteiger charge is -2.23. The van der Waals surface area contributed by atoms with E-state index < -0.39 is 12.1 Å². The SMILES string of the molecule is COC(=O)NC(Cc1ccccc1)C(=O)NC(C)c1ccc2c(c1)OCCO2. The van der Waals surface area contributed by atoms with Crippen LogP contribution in [-0.4, -0.2) is 38.4 Å². The van der Waals surface area contributed by atoms with Gasteiger partial charge >= 0.3 is 6.09 Å². The number of hydrogen-bond donors (Lipinski definition) is 2. The Bertz CT molecular complexity index is 825. The number of nitrogens with one attached hydrogen (secondary N) is 2. The number of alkyl carbamates (subject to hydrolysis) is 1. The molecule has 2 atom stereocenters. The molecule has 2 N–H and O–H groups in total. The first-order valence-corrected chi connectivity index (χ1v) is 9.15. The van der Waals surface area contributed by atoms with Gasteiger partial charge in [-0.15, -0.1) is 0 Å². The maximum Gasteiger partial charge on any atom is 0.407 e. The first kappa shape index (κ1) is 19.5. The van der Waals surface area contributed by atoms with Crippen molar-refractivity contribution in [1.29, 1.82) is 0 Å². The van der Waals surface area contributed by atoms with E-state index in [2.05, 4.69) is 15.4 Å². The number of methoxy groups -OCH3 is 1. The molecular formula is C21H24N2O5. The number of amides is 2. The molecule has 0 spiro atoms. The minimum absolute atomic E-state index is 0.277. The number of hydrogen-bond acceptors (Lipinski definition) is 5. The van der Waals surface area contributed by atoms with Gasteiger partial charge in [-0.05, 0) is 30.2 Å². The average Bonchev–Trinajstić information content (AvgIpc) is 2.73. The molecule has 0 saturated carbocycles. The van der Waals surface area contributed by atoms with Gasteiger partial charge in [0.15, 0.2) is 11.5 Å². The molecule has 2 unspecified atom stereocenters. The van der Waals surface area contributed by atoms with Crippen LogP contribution >= 0.6 is 0 Å². The lowest BCUT2D eigenvalue weighted by molar-refractivity contribution is -0.123. The van der Waals surface area contributed by atoms with E-state index in [1.807, 2.05) is 55.5 Å². The van der Waals surface area contributed by atoms with Gasteiger partial charge in [0.25, 0.3) is 0 Å². The van der Waals surface area contributed by atoms with Crippen LogP contribution in [0.2, 0.25) is 0 Å². The van der Waals surface area contributed by atoms with E-state index in [4.69, 9.17) is 9.47 Å². The van der Waals surface area contributed by atoms with E-state index in [-0.39, 0.29) is 11.9 Å². The zero-order valence-electron chi connectivity index (χ0n) is 15.9. The monoisotopic (exact) mass is 384 g/mol. The smallest absolute Gasteiger partial charge is 0.407 e. The van der Waals surface area contributed by atoms with E-state index in [9.17, 15) is 9.59 Å². The first-order valence-electron chi connectivity index (χ1n) is 9.15. The Morgan fingerprint density at radius 1 is 1.04 bits per heavy atom. The van der Waals surface area contributed by atoms with Crippen LogP contribution in [0.15, 0.2) is 48.5 Å². The lowest BCUT2D eigenvalue weighted by Crippen LogP contribution is -2.48. The summed E-state index contributed by atoms with van der Waals surface area (Å²) in [5, 5.41) is 5.55. The van der Waals surface area contributed by atoms with Crippen molar-refractivity contribution in [2.75, 3.05) is 20.3 Å². The first-order chi connectivity index (χ1) is 13.6. The molecule has 1 aliphatic heterocycles. The molecule has 0 aliphatic carbocycles. The van der Waals surface area contributed by atoms with Gasteiger partial charge in [-0.1, -0.05) is 36.4 Å². The summed E-state index contributed by atoms with van der Waals surface area (Å²) in [6, 6.07) is 14.0. The molecule has 1 heterocycles. The van der Waals surface area contributed by atoms with Crippen LogP contribution in [0, 0.1) is 0 Å². The van der Waals surface area contributed by atoms with Crippen LogP contribution in [0.5, 0.6) is 11.5 Å². The minimum Gasteiger partial charge on any atom is -0.486 e. The van der Waals surface area contributed by atoms with Crippen molar-refractivity contribution in [3.63, 3.8) is 0 Å². The second-order valence-corrected chi connectivity index (χ2v) is 6.51. The summed E-state index contributed by atoms with van der Waals surface area (Å²) in [5.74, 6) is 1.07. The largest absolute Gasteiger partial charge is 0.486 e. The standard InChI is InChI=1S/C21H24N2O5/c1-14(16-8-9-18-19(13-16)28-11-10-27-18)22-20(24)17(23-21(25)26-2)12-15-6-4-3-5-7-15/h3-9,13-14,17H,10-12H2,1-2H3,(H,22,24)(H,23,25). The number of carbonyl (C=O) groups is 2. The average molecular weight is 384 g/mol. The van der Waals surface area contributed by atoms with Crippen molar-refractivity contribution >= 4 is 12.0 Å². The van der Waals surface area contributed by atoms with E-state index in [0.29, 0.717) is 31.1 Å². The number of benzene rings is 2. The Hall–Kier alpha value is -3.22. The molecular weight excluding hydrogens is 360 g/mol. The van der Waals surface area contributed by atoms with Crippen LogP contribution in [0.4, 0.5) is 4.79 Å². The molecule has 148 valence electrons. The maximum atomic E-state index is 12.8. The molecule has 2 amide bonds. The van der Waals surface area contributed by atoms with Crippen molar-refractivity contribution in [2.24, 2.45) is 0 Å². The Morgan fingerprint density at radius 2 is 1.75 bits per heavy atom. The highest BCUT2D eigenvalue weighted by atomic mass is 16.6. The van der Waals surface area contributed by atoms with Crippen molar-refractivity contribution < 1.29 is 23.8 Å². The summed E-state index contributed by atoms with van der Waals surface area (Å²) in [6.07, 6.45) is -0.293. The van der Waals surface area contributed by atoms with Crippen LogP contribution in [0.3, 0.4) is 0 Å². The van der Waals surface area contributed by atoms with E-state index in [0.717, 1.165) is 11.1 Å².